The fourth-order valence-corrected chi connectivity index (χ4v) is 5.04. The first kappa shape index (κ1) is 18.5. The summed E-state index contributed by atoms with van der Waals surface area (Å²) in [7, 11) is 0. The summed E-state index contributed by atoms with van der Waals surface area (Å²) >= 11 is 8.07. The van der Waals surface area contributed by atoms with Crippen LogP contribution in [0.4, 0.5) is 0 Å². The van der Waals surface area contributed by atoms with E-state index >= 15 is 0 Å². The molecule has 4 rings (SSSR count). The van der Waals surface area contributed by atoms with Crippen LogP contribution in [0.1, 0.15) is 28.1 Å². The summed E-state index contributed by atoms with van der Waals surface area (Å²) in [6, 6.07) is 18.1. The van der Waals surface area contributed by atoms with Gasteiger partial charge in [0.15, 0.2) is 0 Å². The van der Waals surface area contributed by atoms with Crippen LogP contribution in [0.15, 0.2) is 54.6 Å². The lowest BCUT2D eigenvalue weighted by molar-refractivity contribution is 0.0448. The van der Waals surface area contributed by atoms with Gasteiger partial charge in [-0.25, -0.2) is 0 Å². The van der Waals surface area contributed by atoms with E-state index in [0.29, 0.717) is 22.4 Å². The van der Waals surface area contributed by atoms with Crippen LogP contribution >= 0.6 is 22.9 Å². The van der Waals surface area contributed by atoms with Crippen LogP contribution in [0.5, 0.6) is 0 Å². The van der Waals surface area contributed by atoms with E-state index in [4.69, 9.17) is 16.3 Å². The number of hydrogen-bond donors (Lipinski definition) is 0. The number of amides is 1. The molecule has 3 nitrogen and oxygen atoms in total. The van der Waals surface area contributed by atoms with Crippen LogP contribution < -0.4 is 0 Å². The molecule has 0 N–H and O–H groups in total. The van der Waals surface area contributed by atoms with E-state index in [9.17, 15) is 4.79 Å². The fourth-order valence-electron chi connectivity index (χ4n) is 3.56. The Morgan fingerprint density at radius 2 is 1.78 bits per heavy atom. The molecule has 1 fully saturated rings. The number of carbonyl (C=O) groups is 1. The molecule has 0 saturated carbocycles. The lowest BCUT2D eigenvalue weighted by atomic mass is 9.99. The van der Waals surface area contributed by atoms with Crippen molar-refractivity contribution in [2.75, 3.05) is 19.8 Å². The Morgan fingerprint density at radius 1 is 1.07 bits per heavy atom. The molecule has 0 radical (unpaired) electrons. The van der Waals surface area contributed by atoms with Crippen LogP contribution in [-0.4, -0.2) is 30.6 Å². The smallest absolute Gasteiger partial charge is 0.265 e. The third-order valence-electron chi connectivity index (χ3n) is 5.05. The number of nitrogens with zero attached hydrogens (tertiary/aromatic N) is 1. The number of rotatable bonds is 5. The Balaban J connectivity index is 1.63. The number of fused-ring (bicyclic) bond motifs is 1. The van der Waals surface area contributed by atoms with Crippen molar-refractivity contribution in [3.63, 3.8) is 0 Å². The van der Waals surface area contributed by atoms with Gasteiger partial charge in [-0.05, 0) is 30.4 Å². The molecule has 5 heteroatoms. The van der Waals surface area contributed by atoms with E-state index in [-0.39, 0.29) is 5.91 Å². The molecule has 0 atom stereocenters. The Morgan fingerprint density at radius 3 is 2.52 bits per heavy atom. The zero-order valence-corrected chi connectivity index (χ0v) is 16.6. The molecule has 1 saturated heterocycles. The Labute approximate surface area is 168 Å². The summed E-state index contributed by atoms with van der Waals surface area (Å²) in [6.07, 6.45) is 2.00. The first-order valence-corrected chi connectivity index (χ1v) is 10.5. The largest absolute Gasteiger partial charge is 0.381 e. The normalized spacial score (nSPS) is 15.1. The van der Waals surface area contributed by atoms with Crippen LogP contribution in [0.25, 0.3) is 10.1 Å². The first-order chi connectivity index (χ1) is 13.2. The third kappa shape index (κ3) is 4.18. The van der Waals surface area contributed by atoms with Gasteiger partial charge in [0.25, 0.3) is 5.91 Å². The van der Waals surface area contributed by atoms with Gasteiger partial charge in [-0.1, -0.05) is 60.1 Å². The predicted octanol–water partition coefficient (Wildman–Crippen LogP) is 5.62. The molecule has 0 bridgehead atoms. The van der Waals surface area contributed by atoms with E-state index in [1.165, 1.54) is 11.3 Å². The molecule has 1 aliphatic heterocycles. The average molecular weight is 400 g/mol. The van der Waals surface area contributed by atoms with Gasteiger partial charge in [-0.3, -0.25) is 4.79 Å². The molecule has 2 heterocycles. The maximum atomic E-state index is 13.4. The number of thiophene rings is 1. The van der Waals surface area contributed by atoms with Gasteiger partial charge in [0.1, 0.15) is 4.88 Å². The highest BCUT2D eigenvalue weighted by Gasteiger charge is 2.26. The summed E-state index contributed by atoms with van der Waals surface area (Å²) in [5.41, 5.74) is 1.13. The van der Waals surface area contributed by atoms with E-state index in [2.05, 4.69) is 12.1 Å². The van der Waals surface area contributed by atoms with Gasteiger partial charge in [-0.2, -0.15) is 0 Å². The summed E-state index contributed by atoms with van der Waals surface area (Å²) in [6.45, 7) is 2.90. The van der Waals surface area contributed by atoms with Crippen LogP contribution in [0.2, 0.25) is 5.02 Å². The van der Waals surface area contributed by atoms with Gasteiger partial charge in [0.05, 0.1) is 5.02 Å². The highest BCUT2D eigenvalue weighted by Crippen LogP contribution is 2.36. The molecular weight excluding hydrogens is 378 g/mol. The third-order valence-corrected chi connectivity index (χ3v) is 6.72. The highest BCUT2D eigenvalue weighted by molar-refractivity contribution is 7.21. The van der Waals surface area contributed by atoms with Gasteiger partial charge >= 0.3 is 0 Å². The van der Waals surface area contributed by atoms with Gasteiger partial charge in [0.2, 0.25) is 0 Å². The van der Waals surface area contributed by atoms with Crippen molar-refractivity contribution in [3.8, 4) is 0 Å². The summed E-state index contributed by atoms with van der Waals surface area (Å²) < 4.78 is 6.53. The Kier molecular flexibility index (Phi) is 5.77. The lowest BCUT2D eigenvalue weighted by Gasteiger charge is -2.30. The summed E-state index contributed by atoms with van der Waals surface area (Å²) in [5, 5.41) is 1.53. The van der Waals surface area contributed by atoms with Crippen molar-refractivity contribution in [2.45, 2.75) is 19.4 Å². The van der Waals surface area contributed by atoms with Gasteiger partial charge in [0, 0.05) is 36.4 Å². The van der Waals surface area contributed by atoms with E-state index in [0.717, 1.165) is 48.2 Å². The molecular formula is C22H22ClNO2S. The Hall–Kier alpha value is -1.88. The lowest BCUT2D eigenvalue weighted by Crippen LogP contribution is -2.36. The minimum atomic E-state index is 0.0246. The van der Waals surface area contributed by atoms with Crippen molar-refractivity contribution in [2.24, 2.45) is 5.92 Å². The van der Waals surface area contributed by atoms with E-state index in [1.807, 2.05) is 47.4 Å². The van der Waals surface area contributed by atoms with Crippen molar-refractivity contribution < 1.29 is 9.53 Å². The molecule has 140 valence electrons. The summed E-state index contributed by atoms with van der Waals surface area (Å²) in [5.74, 6) is 0.496. The fraction of sp³-hybridized carbons (Fsp3) is 0.318. The van der Waals surface area contributed by atoms with E-state index < -0.39 is 0 Å². The second-order valence-corrected chi connectivity index (χ2v) is 8.40. The van der Waals surface area contributed by atoms with Crippen molar-refractivity contribution in [1.29, 1.82) is 0 Å². The standard InChI is InChI=1S/C22H22ClNO2S/c23-20-18-8-4-5-9-19(18)27-21(20)22(25)24(14-16-6-2-1-3-7-16)15-17-10-12-26-13-11-17/h1-9,17H,10-15H2. The number of carbonyl (C=O) groups excluding carboxylic acids is 1. The highest BCUT2D eigenvalue weighted by atomic mass is 35.5. The van der Waals surface area contributed by atoms with Crippen LogP contribution in [-0.2, 0) is 11.3 Å². The molecule has 0 spiro atoms. The SMILES string of the molecule is O=C(c1sc2ccccc2c1Cl)N(Cc1ccccc1)CC1CCOCC1. The zero-order valence-electron chi connectivity index (χ0n) is 15.1. The number of hydrogen-bond acceptors (Lipinski definition) is 3. The zero-order chi connectivity index (χ0) is 18.6. The Bertz CT molecular complexity index is 918. The van der Waals surface area contributed by atoms with Crippen LogP contribution in [0.3, 0.4) is 0 Å². The molecule has 27 heavy (non-hydrogen) atoms. The first-order valence-electron chi connectivity index (χ1n) is 9.30. The maximum absolute atomic E-state index is 13.4. The molecule has 1 amide bonds. The minimum absolute atomic E-state index is 0.0246. The molecule has 0 aliphatic carbocycles. The second-order valence-electron chi connectivity index (χ2n) is 6.97. The van der Waals surface area contributed by atoms with E-state index in [1.54, 1.807) is 0 Å². The molecule has 0 unspecified atom stereocenters. The minimum Gasteiger partial charge on any atom is -0.381 e. The predicted molar refractivity (Wildman–Crippen MR) is 112 cm³/mol. The average Bonchev–Trinajstić information content (AvgIpc) is 3.05. The molecule has 1 aliphatic rings. The molecule has 2 aromatic carbocycles. The molecule has 3 aromatic rings. The van der Waals surface area contributed by atoms with Crippen molar-refractivity contribution in [1.82, 2.24) is 4.90 Å². The number of halogens is 1. The molecule has 1 aromatic heterocycles. The van der Waals surface area contributed by atoms with Crippen molar-refractivity contribution >= 4 is 38.9 Å². The number of ether oxygens (including phenoxy) is 1. The topological polar surface area (TPSA) is 29.5 Å². The van der Waals surface area contributed by atoms with Crippen LogP contribution in [0, 0.1) is 5.92 Å². The van der Waals surface area contributed by atoms with Gasteiger partial charge in [-0.15, -0.1) is 11.3 Å². The monoisotopic (exact) mass is 399 g/mol. The maximum Gasteiger partial charge on any atom is 0.265 e. The quantitative estimate of drug-likeness (QED) is 0.557. The van der Waals surface area contributed by atoms with Crippen molar-refractivity contribution in [3.05, 3.63) is 70.1 Å². The van der Waals surface area contributed by atoms with Gasteiger partial charge < -0.3 is 9.64 Å². The summed E-state index contributed by atoms with van der Waals surface area (Å²) in [4.78, 5) is 16.0. The second kappa shape index (κ2) is 8.42. The number of benzene rings is 2.